The molecule has 0 amide bonds. The van der Waals surface area contributed by atoms with Gasteiger partial charge in [-0.2, -0.15) is 18.5 Å². The van der Waals surface area contributed by atoms with Crippen LogP contribution in [0.4, 0.5) is 0 Å². The highest BCUT2D eigenvalue weighted by molar-refractivity contribution is 7.90. The molecule has 11 heteroatoms. The summed E-state index contributed by atoms with van der Waals surface area (Å²) in [6, 6.07) is 23.1. The Balaban J connectivity index is 1.60. The van der Waals surface area contributed by atoms with Gasteiger partial charge in [0.15, 0.2) is 5.96 Å². The van der Waals surface area contributed by atoms with Crippen LogP contribution in [0.1, 0.15) is 29.9 Å². The van der Waals surface area contributed by atoms with E-state index in [9.17, 15) is 8.42 Å². The molecule has 2 aliphatic rings. The van der Waals surface area contributed by atoms with Crippen molar-refractivity contribution < 1.29 is 8.42 Å². The quantitative estimate of drug-likeness (QED) is 0.354. The van der Waals surface area contributed by atoms with Crippen molar-refractivity contribution in [3.8, 4) is 0 Å². The first-order chi connectivity index (χ1) is 18.3. The molecular weight excluding hydrogens is 543 g/mol. The summed E-state index contributed by atoms with van der Waals surface area (Å²) in [6.07, 6.45) is 1.98. The third kappa shape index (κ3) is 5.85. The second-order valence-corrected chi connectivity index (χ2v) is 11.5. The second kappa shape index (κ2) is 11.1. The fourth-order valence-corrected chi connectivity index (χ4v) is 5.65. The number of nitrogens with two attached hydrogens (primary N) is 1. The average molecular weight is 570 g/mol. The maximum atomic E-state index is 13.3. The minimum atomic E-state index is -4.13. The lowest BCUT2D eigenvalue weighted by Crippen LogP contribution is -2.37. The van der Waals surface area contributed by atoms with Crippen LogP contribution in [0.15, 0.2) is 98.2 Å². The monoisotopic (exact) mass is 568 g/mol. The molecule has 3 aromatic carbocycles. The van der Waals surface area contributed by atoms with Gasteiger partial charge in [0.25, 0.3) is 16.0 Å². The molecule has 0 bridgehead atoms. The van der Waals surface area contributed by atoms with Crippen molar-refractivity contribution in [1.82, 2.24) is 9.91 Å². The number of halogens is 2. The zero-order valence-electron chi connectivity index (χ0n) is 20.4. The van der Waals surface area contributed by atoms with Crippen molar-refractivity contribution >= 4 is 50.9 Å². The number of aliphatic imine (C=N–C) groups is 1. The van der Waals surface area contributed by atoms with Crippen LogP contribution in [-0.4, -0.2) is 55.6 Å². The maximum Gasteiger partial charge on any atom is 0.285 e. The molecule has 0 saturated carbocycles. The smallest absolute Gasteiger partial charge is 0.285 e. The molecular formula is C27H26Cl2N6O2S. The van der Waals surface area contributed by atoms with Gasteiger partial charge in [-0.3, -0.25) is 0 Å². The van der Waals surface area contributed by atoms with Gasteiger partial charge in [-0.1, -0.05) is 65.7 Å². The summed E-state index contributed by atoms with van der Waals surface area (Å²) in [5, 5.41) is 7.37. The molecule has 0 aromatic heterocycles. The summed E-state index contributed by atoms with van der Waals surface area (Å²) in [5.74, 6) is -0.0581. The van der Waals surface area contributed by atoms with Gasteiger partial charge < -0.3 is 10.6 Å². The predicted molar refractivity (Wildman–Crippen MR) is 152 cm³/mol. The molecule has 5 rings (SSSR count). The van der Waals surface area contributed by atoms with Gasteiger partial charge in [-0.15, -0.1) is 4.40 Å². The first-order valence-corrected chi connectivity index (χ1v) is 14.4. The predicted octanol–water partition coefficient (Wildman–Crippen LogP) is 4.95. The van der Waals surface area contributed by atoms with E-state index in [1.165, 1.54) is 29.3 Å². The van der Waals surface area contributed by atoms with Crippen molar-refractivity contribution in [2.45, 2.75) is 23.7 Å². The van der Waals surface area contributed by atoms with Crippen molar-refractivity contribution in [3.05, 3.63) is 100 Å². The summed E-state index contributed by atoms with van der Waals surface area (Å²) >= 11 is 12.1. The van der Waals surface area contributed by atoms with Crippen molar-refractivity contribution in [2.24, 2.45) is 20.2 Å². The number of benzene rings is 3. The molecule has 0 aliphatic carbocycles. The highest BCUT2D eigenvalue weighted by Gasteiger charge is 2.33. The maximum absolute atomic E-state index is 13.3. The van der Waals surface area contributed by atoms with Crippen molar-refractivity contribution in [1.29, 1.82) is 0 Å². The third-order valence-corrected chi connectivity index (χ3v) is 8.22. The summed E-state index contributed by atoms with van der Waals surface area (Å²) < 4.78 is 30.7. The summed E-state index contributed by atoms with van der Waals surface area (Å²) in [4.78, 5) is 6.41. The van der Waals surface area contributed by atoms with E-state index in [4.69, 9.17) is 34.0 Å². The number of guanidine groups is 2. The molecule has 8 nitrogen and oxygen atoms in total. The fraction of sp³-hybridized carbons (Fsp3) is 0.222. The number of hydrazone groups is 1. The van der Waals surface area contributed by atoms with E-state index in [1.54, 1.807) is 12.1 Å². The van der Waals surface area contributed by atoms with E-state index >= 15 is 0 Å². The van der Waals surface area contributed by atoms with Gasteiger partial charge in [-0.25, -0.2) is 5.01 Å². The van der Waals surface area contributed by atoms with Crippen LogP contribution in [0.3, 0.4) is 0 Å². The van der Waals surface area contributed by atoms with Crippen LogP contribution in [0.2, 0.25) is 10.0 Å². The molecule has 1 unspecified atom stereocenters. The number of hydrogen-bond donors (Lipinski definition) is 1. The van der Waals surface area contributed by atoms with Crippen LogP contribution < -0.4 is 5.73 Å². The Labute approximate surface area is 232 Å². The average Bonchev–Trinajstić information content (AvgIpc) is 3.61. The molecule has 2 heterocycles. The van der Waals surface area contributed by atoms with Gasteiger partial charge in [0.1, 0.15) is 0 Å². The minimum absolute atomic E-state index is 0.00458. The normalized spacial score (nSPS) is 18.7. The van der Waals surface area contributed by atoms with Crippen LogP contribution >= 0.6 is 23.2 Å². The zero-order chi connectivity index (χ0) is 26.7. The van der Waals surface area contributed by atoms with Gasteiger partial charge in [0, 0.05) is 29.1 Å². The Kier molecular flexibility index (Phi) is 7.69. The van der Waals surface area contributed by atoms with Gasteiger partial charge >= 0.3 is 0 Å². The Morgan fingerprint density at radius 1 is 0.895 bits per heavy atom. The molecule has 2 aliphatic heterocycles. The molecule has 38 heavy (non-hydrogen) atoms. The number of hydrogen-bond acceptors (Lipinski definition) is 3. The zero-order valence-corrected chi connectivity index (χ0v) is 22.7. The Morgan fingerprint density at radius 3 is 2.13 bits per heavy atom. The highest BCUT2D eigenvalue weighted by atomic mass is 35.5. The summed E-state index contributed by atoms with van der Waals surface area (Å²) in [6.45, 7) is 1.82. The lowest BCUT2D eigenvalue weighted by molar-refractivity contribution is 0.466. The number of likely N-dealkylation sites (tertiary alicyclic amines) is 1. The molecule has 1 atom stereocenters. The number of nitrogens with zero attached hydrogens (tertiary/aromatic N) is 5. The standard InChI is InChI=1S/C27H26Cl2N6O2S/c28-21-10-8-20(9-11-21)25-24(19-6-2-1-3-7-19)18-35(32-25)27(31-26(30)34-16-4-5-17-34)33-38(36,37)23-14-12-22(29)13-15-23/h1-3,6-15,24H,4-5,16-18H2,(H2,30,31,33). The van der Waals surface area contributed by atoms with Gasteiger partial charge in [0.05, 0.1) is 17.2 Å². The van der Waals surface area contributed by atoms with Crippen LogP contribution in [0.5, 0.6) is 0 Å². The fourth-order valence-electron chi connectivity index (χ4n) is 4.47. The van der Waals surface area contributed by atoms with Gasteiger partial charge in [0.2, 0.25) is 0 Å². The van der Waals surface area contributed by atoms with E-state index in [2.05, 4.69) is 9.39 Å². The first-order valence-electron chi connectivity index (χ1n) is 12.2. The number of rotatable bonds is 4. The first kappa shape index (κ1) is 26.2. The Hall–Kier alpha value is -3.40. The summed E-state index contributed by atoms with van der Waals surface area (Å²) in [5.41, 5.74) is 8.97. The number of sulfonamides is 1. The second-order valence-electron chi connectivity index (χ2n) is 9.02. The Bertz CT molecular complexity index is 1480. The third-order valence-electron chi connectivity index (χ3n) is 6.44. The van der Waals surface area contributed by atoms with E-state index in [0.29, 0.717) is 16.6 Å². The van der Waals surface area contributed by atoms with E-state index in [-0.39, 0.29) is 22.7 Å². The van der Waals surface area contributed by atoms with E-state index in [1.807, 2.05) is 47.4 Å². The highest BCUT2D eigenvalue weighted by Crippen LogP contribution is 2.30. The topological polar surface area (TPSA) is 104 Å². The van der Waals surface area contributed by atoms with E-state index in [0.717, 1.165) is 42.8 Å². The molecule has 3 aromatic rings. The summed E-state index contributed by atoms with van der Waals surface area (Å²) in [7, 11) is -4.13. The lowest BCUT2D eigenvalue weighted by Gasteiger charge is -2.19. The lowest BCUT2D eigenvalue weighted by atomic mass is 9.91. The molecule has 0 radical (unpaired) electrons. The van der Waals surface area contributed by atoms with Crippen molar-refractivity contribution in [3.63, 3.8) is 0 Å². The minimum Gasteiger partial charge on any atom is -0.369 e. The van der Waals surface area contributed by atoms with Gasteiger partial charge in [-0.05, 0) is 60.4 Å². The van der Waals surface area contributed by atoms with Crippen molar-refractivity contribution in [2.75, 3.05) is 19.6 Å². The van der Waals surface area contributed by atoms with Crippen LogP contribution in [0.25, 0.3) is 0 Å². The van der Waals surface area contributed by atoms with E-state index < -0.39 is 10.0 Å². The molecule has 1 saturated heterocycles. The van der Waals surface area contributed by atoms with Crippen LogP contribution in [-0.2, 0) is 10.0 Å². The molecule has 0 spiro atoms. The molecule has 1 fully saturated rings. The SMILES string of the molecule is N/C(=N\C(=N\S(=O)(=O)c1ccc(Cl)cc1)N1CC(c2ccccc2)C(c2ccc(Cl)cc2)=N1)N1CCCC1. The molecule has 196 valence electrons. The molecule has 2 N–H and O–H groups in total. The largest absolute Gasteiger partial charge is 0.369 e. The van der Waals surface area contributed by atoms with Crippen LogP contribution in [0, 0.1) is 0 Å². The Morgan fingerprint density at radius 2 is 1.50 bits per heavy atom.